The summed E-state index contributed by atoms with van der Waals surface area (Å²) in [5, 5.41) is 9.58. The Hall–Kier alpha value is -2.43. The van der Waals surface area contributed by atoms with Crippen LogP contribution in [0.5, 0.6) is 0 Å². The van der Waals surface area contributed by atoms with E-state index in [-0.39, 0.29) is 19.2 Å². The van der Waals surface area contributed by atoms with Crippen LogP contribution in [-0.4, -0.2) is 37.0 Å². The predicted molar refractivity (Wildman–Crippen MR) is 214 cm³/mol. The molecule has 0 aliphatic carbocycles. The second-order valence-corrected chi connectivity index (χ2v) is 13.0. The van der Waals surface area contributed by atoms with Gasteiger partial charge in [-0.1, -0.05) is 163 Å². The number of rotatable bonds is 36. The molecule has 0 rings (SSSR count). The molecule has 1 N–H and O–H groups in total. The van der Waals surface area contributed by atoms with E-state index < -0.39 is 6.10 Å². The molecule has 0 aliphatic rings. The van der Waals surface area contributed by atoms with Crippen LogP contribution in [0.1, 0.15) is 168 Å². The van der Waals surface area contributed by atoms with Gasteiger partial charge in [0.2, 0.25) is 0 Å². The van der Waals surface area contributed by atoms with E-state index in [1.54, 1.807) is 0 Å². The number of carbonyl (C=O) groups is 1. The first-order valence-corrected chi connectivity index (χ1v) is 20.2. The molecule has 0 aromatic rings. The number of unbranched alkanes of at least 4 members (excludes halogenated alkanes) is 14. The van der Waals surface area contributed by atoms with Gasteiger partial charge in [0.1, 0.15) is 6.10 Å². The highest BCUT2D eigenvalue weighted by atomic mass is 16.6. The number of esters is 1. The van der Waals surface area contributed by atoms with Crippen molar-refractivity contribution in [3.05, 3.63) is 85.1 Å². The SMILES string of the molecule is CC/C=C\C/C=C\C/C=C\C/C=C\C/C=C\CCCCCCCCCC(=O)OC(CO)COCCCCCCCC/C=C\C/C=C\CCC. The lowest BCUT2D eigenvalue weighted by atomic mass is 10.1. The summed E-state index contributed by atoms with van der Waals surface area (Å²) in [6, 6.07) is 0. The highest BCUT2D eigenvalue weighted by Gasteiger charge is 2.13. The molecule has 1 unspecified atom stereocenters. The van der Waals surface area contributed by atoms with E-state index in [9.17, 15) is 9.90 Å². The minimum atomic E-state index is -0.550. The van der Waals surface area contributed by atoms with Crippen LogP contribution < -0.4 is 0 Å². The van der Waals surface area contributed by atoms with Crippen LogP contribution in [0.2, 0.25) is 0 Å². The van der Waals surface area contributed by atoms with E-state index in [1.807, 2.05) is 0 Å². The van der Waals surface area contributed by atoms with E-state index in [0.717, 1.165) is 77.0 Å². The number of ether oxygens (including phenoxy) is 2. The minimum Gasteiger partial charge on any atom is -0.457 e. The van der Waals surface area contributed by atoms with E-state index in [2.05, 4.69) is 98.9 Å². The van der Waals surface area contributed by atoms with E-state index >= 15 is 0 Å². The molecular weight excluding hydrogens is 604 g/mol. The second-order valence-electron chi connectivity index (χ2n) is 13.0. The summed E-state index contributed by atoms with van der Waals surface area (Å²) in [5.41, 5.74) is 0. The number of carbonyl (C=O) groups excluding carboxylic acids is 1. The maximum Gasteiger partial charge on any atom is 0.306 e. The summed E-state index contributed by atoms with van der Waals surface area (Å²) in [7, 11) is 0. The molecule has 280 valence electrons. The minimum absolute atomic E-state index is 0.186. The lowest BCUT2D eigenvalue weighted by Gasteiger charge is -2.15. The molecule has 4 heteroatoms. The topological polar surface area (TPSA) is 55.8 Å². The number of hydrogen-bond acceptors (Lipinski definition) is 4. The summed E-state index contributed by atoms with van der Waals surface area (Å²) in [4.78, 5) is 12.2. The summed E-state index contributed by atoms with van der Waals surface area (Å²) in [5.74, 6) is -0.220. The quantitative estimate of drug-likeness (QED) is 0.0406. The van der Waals surface area contributed by atoms with Crippen LogP contribution >= 0.6 is 0 Å². The van der Waals surface area contributed by atoms with Crippen molar-refractivity contribution in [1.29, 1.82) is 0 Å². The average molecular weight is 681 g/mol. The highest BCUT2D eigenvalue weighted by Crippen LogP contribution is 2.12. The Morgan fingerprint density at radius 1 is 0.510 bits per heavy atom. The second kappa shape index (κ2) is 41.7. The number of aliphatic hydroxyl groups is 1. The van der Waals surface area contributed by atoms with Crippen molar-refractivity contribution in [2.24, 2.45) is 0 Å². The first-order valence-electron chi connectivity index (χ1n) is 20.2. The molecule has 0 bridgehead atoms. The molecule has 0 saturated carbocycles. The van der Waals surface area contributed by atoms with Crippen molar-refractivity contribution >= 4 is 5.97 Å². The van der Waals surface area contributed by atoms with Gasteiger partial charge in [0.05, 0.1) is 13.2 Å². The Morgan fingerprint density at radius 2 is 0.918 bits per heavy atom. The molecule has 0 radical (unpaired) electrons. The lowest BCUT2D eigenvalue weighted by molar-refractivity contribution is -0.154. The fraction of sp³-hybridized carbons (Fsp3) is 0.667. The number of hydrogen-bond donors (Lipinski definition) is 1. The van der Waals surface area contributed by atoms with Crippen molar-refractivity contribution in [3.63, 3.8) is 0 Å². The molecule has 49 heavy (non-hydrogen) atoms. The average Bonchev–Trinajstić information content (AvgIpc) is 3.11. The fourth-order valence-corrected chi connectivity index (χ4v) is 5.21. The number of allylic oxidation sites excluding steroid dienone is 14. The van der Waals surface area contributed by atoms with E-state index in [1.165, 1.54) is 70.6 Å². The molecule has 0 aromatic heterocycles. The predicted octanol–water partition coefficient (Wildman–Crippen LogP) is 13.2. The molecule has 0 fully saturated rings. The summed E-state index contributed by atoms with van der Waals surface area (Å²) in [6.07, 6.45) is 57.7. The summed E-state index contributed by atoms with van der Waals surface area (Å²) in [6.45, 7) is 5.12. The van der Waals surface area contributed by atoms with Crippen molar-refractivity contribution in [3.8, 4) is 0 Å². The van der Waals surface area contributed by atoms with Crippen LogP contribution in [0.15, 0.2) is 85.1 Å². The van der Waals surface area contributed by atoms with Crippen LogP contribution in [0.4, 0.5) is 0 Å². The Bertz CT molecular complexity index is 892. The standard InChI is InChI=1S/C45H76O4/c1-3-5-7-9-11-13-15-17-19-20-21-22-23-24-25-26-27-28-30-32-34-36-38-40-45(47)49-44(42-46)43-48-41-39-37-35-33-31-29-18-16-14-12-10-8-6-4-2/h5,7-8,10-11,13-14,16-17,19,21-22,24-25,44,46H,3-4,6,9,12,15,18,20,23,26-43H2,1-2H3/b7-5-,10-8-,13-11-,16-14-,19-17-,22-21-,25-24-. The molecule has 0 aromatic carbocycles. The molecule has 0 aliphatic heterocycles. The van der Waals surface area contributed by atoms with Gasteiger partial charge in [-0.15, -0.1) is 0 Å². The van der Waals surface area contributed by atoms with Gasteiger partial charge < -0.3 is 14.6 Å². The van der Waals surface area contributed by atoms with Crippen molar-refractivity contribution in [1.82, 2.24) is 0 Å². The molecule has 0 saturated heterocycles. The molecule has 0 heterocycles. The van der Waals surface area contributed by atoms with Gasteiger partial charge in [-0.2, -0.15) is 0 Å². The van der Waals surface area contributed by atoms with Gasteiger partial charge in [0, 0.05) is 13.0 Å². The molecule has 1 atom stereocenters. The monoisotopic (exact) mass is 681 g/mol. The Morgan fingerprint density at radius 3 is 1.39 bits per heavy atom. The summed E-state index contributed by atoms with van der Waals surface area (Å²) >= 11 is 0. The molecule has 0 spiro atoms. The molecular formula is C45H76O4. The van der Waals surface area contributed by atoms with Gasteiger partial charge in [-0.3, -0.25) is 4.79 Å². The largest absolute Gasteiger partial charge is 0.457 e. The van der Waals surface area contributed by atoms with Crippen LogP contribution in [-0.2, 0) is 14.3 Å². The third-order valence-electron chi connectivity index (χ3n) is 8.19. The molecule has 0 amide bonds. The fourth-order valence-electron chi connectivity index (χ4n) is 5.21. The zero-order valence-corrected chi connectivity index (χ0v) is 31.9. The Kier molecular flexibility index (Phi) is 39.7. The summed E-state index contributed by atoms with van der Waals surface area (Å²) < 4.78 is 11.1. The van der Waals surface area contributed by atoms with E-state index in [0.29, 0.717) is 13.0 Å². The first-order chi connectivity index (χ1) is 24.2. The first kappa shape index (κ1) is 46.6. The molecule has 4 nitrogen and oxygen atoms in total. The van der Waals surface area contributed by atoms with Gasteiger partial charge in [0.25, 0.3) is 0 Å². The van der Waals surface area contributed by atoms with E-state index in [4.69, 9.17) is 9.47 Å². The van der Waals surface area contributed by atoms with Gasteiger partial charge >= 0.3 is 5.97 Å². The van der Waals surface area contributed by atoms with Gasteiger partial charge in [-0.25, -0.2) is 0 Å². The Balaban J connectivity index is 3.53. The zero-order chi connectivity index (χ0) is 35.6. The third-order valence-corrected chi connectivity index (χ3v) is 8.19. The Labute approximate surface area is 303 Å². The normalized spacial score (nSPS) is 13.3. The van der Waals surface area contributed by atoms with Crippen LogP contribution in [0, 0.1) is 0 Å². The van der Waals surface area contributed by atoms with Crippen LogP contribution in [0.25, 0.3) is 0 Å². The smallest absolute Gasteiger partial charge is 0.306 e. The van der Waals surface area contributed by atoms with Crippen molar-refractivity contribution in [2.75, 3.05) is 19.8 Å². The number of aliphatic hydroxyl groups excluding tert-OH is 1. The van der Waals surface area contributed by atoms with Crippen LogP contribution in [0.3, 0.4) is 0 Å². The van der Waals surface area contributed by atoms with Crippen molar-refractivity contribution < 1.29 is 19.4 Å². The highest BCUT2D eigenvalue weighted by molar-refractivity contribution is 5.69. The maximum absolute atomic E-state index is 12.2. The van der Waals surface area contributed by atoms with Crippen molar-refractivity contribution in [2.45, 2.75) is 174 Å². The van der Waals surface area contributed by atoms with Gasteiger partial charge in [0.15, 0.2) is 0 Å². The zero-order valence-electron chi connectivity index (χ0n) is 31.9. The third kappa shape index (κ3) is 39.9. The van der Waals surface area contributed by atoms with Gasteiger partial charge in [-0.05, 0) is 83.5 Å². The lowest BCUT2D eigenvalue weighted by Crippen LogP contribution is -2.27. The maximum atomic E-state index is 12.2.